The van der Waals surface area contributed by atoms with Crippen LogP contribution in [0.1, 0.15) is 46.3 Å². The Kier molecular flexibility index (Phi) is 6.93. The Hall–Kier alpha value is -4.14. The zero-order valence-electron chi connectivity index (χ0n) is 20.7. The van der Waals surface area contributed by atoms with Gasteiger partial charge >= 0.3 is 0 Å². The van der Waals surface area contributed by atoms with Crippen LogP contribution in [0.5, 0.6) is 0 Å². The highest BCUT2D eigenvalue weighted by Crippen LogP contribution is 2.54. The molecular formula is C29H27F2N3O4. The second kappa shape index (κ2) is 10.3. The Morgan fingerprint density at radius 1 is 0.947 bits per heavy atom. The molecule has 38 heavy (non-hydrogen) atoms. The second-order valence-corrected chi connectivity index (χ2v) is 10.2. The quantitative estimate of drug-likeness (QED) is 0.358. The lowest BCUT2D eigenvalue weighted by Crippen LogP contribution is -2.42. The maximum atomic E-state index is 13.6. The van der Waals surface area contributed by atoms with E-state index in [0.29, 0.717) is 25.1 Å². The van der Waals surface area contributed by atoms with Crippen LogP contribution >= 0.6 is 0 Å². The van der Waals surface area contributed by atoms with Gasteiger partial charge in [0.15, 0.2) is 0 Å². The number of hydrogen-bond donors (Lipinski definition) is 1. The third-order valence-electron chi connectivity index (χ3n) is 7.68. The molecule has 1 aliphatic carbocycles. The van der Waals surface area contributed by atoms with Gasteiger partial charge in [-0.15, -0.1) is 0 Å². The van der Waals surface area contributed by atoms with Crippen LogP contribution in [0.2, 0.25) is 0 Å². The monoisotopic (exact) mass is 519 g/mol. The fourth-order valence-electron chi connectivity index (χ4n) is 5.34. The first kappa shape index (κ1) is 25.5. The van der Waals surface area contributed by atoms with Gasteiger partial charge in [0.05, 0.1) is 11.3 Å². The van der Waals surface area contributed by atoms with Crippen molar-refractivity contribution >= 4 is 17.5 Å². The normalized spacial score (nSPS) is 17.7. The average molecular weight is 520 g/mol. The predicted octanol–water partition coefficient (Wildman–Crippen LogP) is 4.82. The van der Waals surface area contributed by atoms with Gasteiger partial charge in [-0.05, 0) is 78.6 Å². The van der Waals surface area contributed by atoms with Crippen molar-refractivity contribution in [3.8, 4) is 0 Å². The van der Waals surface area contributed by atoms with Gasteiger partial charge in [0.2, 0.25) is 5.91 Å². The van der Waals surface area contributed by atoms with Gasteiger partial charge in [0, 0.05) is 36.3 Å². The molecule has 2 amide bonds. The topological polar surface area (TPSA) is 92.5 Å². The Morgan fingerprint density at radius 2 is 1.55 bits per heavy atom. The Labute approximate surface area is 218 Å². The van der Waals surface area contributed by atoms with Crippen molar-refractivity contribution in [3.05, 3.63) is 111 Å². The lowest BCUT2D eigenvalue weighted by atomic mass is 9.92. The van der Waals surface area contributed by atoms with Crippen LogP contribution in [0.4, 0.5) is 14.5 Å². The van der Waals surface area contributed by atoms with E-state index in [9.17, 15) is 28.5 Å². The van der Waals surface area contributed by atoms with E-state index in [1.165, 1.54) is 12.1 Å². The number of carbonyl (C=O) groups excluding carboxylic acids is 2. The Balaban J connectivity index is 1.12. The number of nitro groups is 1. The summed E-state index contributed by atoms with van der Waals surface area (Å²) < 4.78 is 26.7. The van der Waals surface area contributed by atoms with Gasteiger partial charge < -0.3 is 10.2 Å². The first-order valence-electron chi connectivity index (χ1n) is 12.6. The van der Waals surface area contributed by atoms with Crippen LogP contribution in [-0.2, 0) is 17.6 Å². The van der Waals surface area contributed by atoms with E-state index in [1.807, 2.05) is 29.2 Å². The Morgan fingerprint density at radius 3 is 2.18 bits per heavy atom. The van der Waals surface area contributed by atoms with Crippen LogP contribution in [0.3, 0.4) is 0 Å². The first-order chi connectivity index (χ1) is 18.2. The van der Waals surface area contributed by atoms with E-state index in [0.717, 1.165) is 48.6 Å². The molecule has 1 atom stereocenters. The molecular weight excluding hydrogens is 492 g/mol. The fraction of sp³-hybridized carbons (Fsp3) is 0.310. The predicted molar refractivity (Wildman–Crippen MR) is 137 cm³/mol. The summed E-state index contributed by atoms with van der Waals surface area (Å²) in [4.78, 5) is 38.0. The van der Waals surface area contributed by atoms with Crippen molar-refractivity contribution in [2.45, 2.75) is 38.1 Å². The number of hydrogen-bond acceptors (Lipinski definition) is 4. The van der Waals surface area contributed by atoms with Crippen LogP contribution in [0.25, 0.3) is 0 Å². The number of nitrogens with zero attached hydrogens (tertiary/aromatic N) is 2. The van der Waals surface area contributed by atoms with Gasteiger partial charge in [0.1, 0.15) is 11.6 Å². The molecule has 0 aromatic heterocycles. The van der Waals surface area contributed by atoms with E-state index in [2.05, 4.69) is 5.32 Å². The zero-order chi connectivity index (χ0) is 26.9. The number of amides is 2. The summed E-state index contributed by atoms with van der Waals surface area (Å²) in [6.45, 7) is 1.16. The lowest BCUT2D eigenvalue weighted by Gasteiger charge is -2.33. The van der Waals surface area contributed by atoms with Gasteiger partial charge in [-0.25, -0.2) is 8.78 Å². The summed E-state index contributed by atoms with van der Waals surface area (Å²) in [5.74, 6) is -1.30. The third-order valence-corrected chi connectivity index (χ3v) is 7.68. The van der Waals surface area contributed by atoms with Crippen molar-refractivity contribution in [1.82, 2.24) is 10.2 Å². The van der Waals surface area contributed by atoms with Crippen molar-refractivity contribution in [2.24, 2.45) is 5.41 Å². The minimum Gasteiger partial charge on any atom is -0.352 e. The van der Waals surface area contributed by atoms with Gasteiger partial charge in [-0.1, -0.05) is 24.3 Å². The molecule has 1 saturated heterocycles. The molecule has 196 valence electrons. The van der Waals surface area contributed by atoms with Crippen molar-refractivity contribution in [3.63, 3.8) is 0 Å². The maximum absolute atomic E-state index is 13.6. The molecule has 1 unspecified atom stereocenters. The van der Waals surface area contributed by atoms with Crippen LogP contribution < -0.4 is 5.32 Å². The van der Waals surface area contributed by atoms with E-state index in [4.69, 9.17) is 0 Å². The first-order valence-corrected chi connectivity index (χ1v) is 12.6. The number of likely N-dealkylation sites (tertiary alicyclic amines) is 1. The molecule has 1 N–H and O–H groups in total. The molecule has 3 aromatic rings. The third kappa shape index (κ3) is 5.56. The summed E-state index contributed by atoms with van der Waals surface area (Å²) in [6.07, 6.45) is 2.70. The standard InChI is InChI=1S/C29H27F2N3O4/c30-23-7-3-20(4-8-23)15-19-1-5-21(6-2-19)28(36)33-13-11-29(12-14-33)18-26(29)32-27(35)17-22-16-24(31)9-10-25(22)34(37)38/h1-10,16,26H,11-15,17-18H2,(H,32,35). The molecule has 1 spiro atoms. The highest BCUT2D eigenvalue weighted by Gasteiger charge is 2.55. The molecule has 2 aliphatic rings. The van der Waals surface area contributed by atoms with Crippen LogP contribution in [0.15, 0.2) is 66.7 Å². The summed E-state index contributed by atoms with van der Waals surface area (Å²) in [5.41, 5.74) is 2.34. The minimum absolute atomic E-state index is 0.0344. The van der Waals surface area contributed by atoms with Crippen molar-refractivity contribution in [2.75, 3.05) is 13.1 Å². The van der Waals surface area contributed by atoms with E-state index in [-0.39, 0.29) is 46.8 Å². The number of carbonyl (C=O) groups is 2. The summed E-state index contributed by atoms with van der Waals surface area (Å²) in [7, 11) is 0. The number of nitro benzene ring substituents is 1. The number of piperidine rings is 1. The average Bonchev–Trinajstić information content (AvgIpc) is 3.55. The number of benzene rings is 3. The Bertz CT molecular complexity index is 1370. The molecule has 1 saturated carbocycles. The highest BCUT2D eigenvalue weighted by atomic mass is 19.1. The summed E-state index contributed by atoms with van der Waals surface area (Å²) >= 11 is 0. The van der Waals surface area contributed by atoms with E-state index in [1.54, 1.807) is 12.1 Å². The van der Waals surface area contributed by atoms with Crippen molar-refractivity contribution < 1.29 is 23.3 Å². The number of nitrogens with one attached hydrogen (secondary N) is 1. The lowest BCUT2D eigenvalue weighted by molar-refractivity contribution is -0.385. The summed E-state index contributed by atoms with van der Waals surface area (Å²) in [6, 6.07) is 16.9. The number of rotatable bonds is 7. The zero-order valence-corrected chi connectivity index (χ0v) is 20.7. The van der Waals surface area contributed by atoms with Crippen LogP contribution in [0, 0.1) is 27.2 Å². The molecule has 1 heterocycles. The van der Waals surface area contributed by atoms with Gasteiger partial charge in [0.25, 0.3) is 11.6 Å². The SMILES string of the molecule is O=C(Cc1cc(F)ccc1[N+](=O)[O-])NC1CC12CCN(C(=O)c1ccc(Cc3ccc(F)cc3)cc1)CC2. The summed E-state index contributed by atoms with van der Waals surface area (Å²) in [5, 5.41) is 14.1. The van der Waals surface area contributed by atoms with Gasteiger partial charge in [-0.2, -0.15) is 0 Å². The molecule has 0 radical (unpaired) electrons. The van der Waals surface area contributed by atoms with Crippen molar-refractivity contribution in [1.29, 1.82) is 0 Å². The molecule has 0 bridgehead atoms. The molecule has 3 aromatic carbocycles. The minimum atomic E-state index is -0.624. The highest BCUT2D eigenvalue weighted by molar-refractivity contribution is 5.94. The number of halogens is 2. The second-order valence-electron chi connectivity index (χ2n) is 10.2. The van der Waals surface area contributed by atoms with Gasteiger partial charge in [-0.3, -0.25) is 19.7 Å². The largest absolute Gasteiger partial charge is 0.352 e. The van der Waals surface area contributed by atoms with E-state index < -0.39 is 10.7 Å². The fourth-order valence-corrected chi connectivity index (χ4v) is 5.34. The molecule has 7 nitrogen and oxygen atoms in total. The van der Waals surface area contributed by atoms with Crippen LogP contribution in [-0.4, -0.2) is 40.8 Å². The molecule has 2 fully saturated rings. The van der Waals surface area contributed by atoms with E-state index >= 15 is 0 Å². The maximum Gasteiger partial charge on any atom is 0.273 e. The molecule has 1 aliphatic heterocycles. The smallest absolute Gasteiger partial charge is 0.273 e. The molecule has 5 rings (SSSR count). The molecule has 9 heteroatoms.